The highest BCUT2D eigenvalue weighted by atomic mass is 32.2. The number of benzene rings is 1. The molecule has 0 radical (unpaired) electrons. The molecule has 1 aliphatic carbocycles. The van der Waals surface area contributed by atoms with Gasteiger partial charge in [0.15, 0.2) is 0 Å². The van der Waals surface area contributed by atoms with E-state index in [1.165, 1.54) is 41.4 Å². The first-order valence-electron chi connectivity index (χ1n) is 8.10. The van der Waals surface area contributed by atoms with Crippen LogP contribution in [0.4, 0.5) is 4.39 Å². The minimum Gasteiger partial charge on any atom is -0.352 e. The number of carbonyl (C=O) groups excluding carboxylic acids is 1. The van der Waals surface area contributed by atoms with Crippen molar-refractivity contribution < 1.29 is 9.18 Å². The van der Waals surface area contributed by atoms with Crippen LogP contribution in [0.15, 0.2) is 29.4 Å². The zero-order valence-electron chi connectivity index (χ0n) is 13.5. The summed E-state index contributed by atoms with van der Waals surface area (Å²) in [5.41, 5.74) is 0.531. The van der Waals surface area contributed by atoms with Crippen LogP contribution < -0.4 is 5.32 Å². The van der Waals surface area contributed by atoms with Crippen LogP contribution in [-0.2, 0) is 4.79 Å². The normalized spacial score (nSPS) is 20.8. The highest BCUT2D eigenvalue weighted by molar-refractivity contribution is 7.99. The van der Waals surface area contributed by atoms with Crippen molar-refractivity contribution in [1.29, 1.82) is 0 Å². The van der Waals surface area contributed by atoms with Crippen molar-refractivity contribution in [1.82, 2.24) is 25.5 Å². The standard InChI is InChI=1S/C16H20FN5OS/c1-11-5-2-3-8-14(11)18-15(23)10-24-16-19-20-21-22(16)13-7-4-6-12(17)9-13/h4,6-7,9,11,14H,2-3,5,8,10H2,1H3,(H,18,23)/t11-,14+/m1/s1. The Kier molecular flexibility index (Phi) is 5.44. The van der Waals surface area contributed by atoms with E-state index >= 15 is 0 Å². The van der Waals surface area contributed by atoms with Gasteiger partial charge in [0.1, 0.15) is 5.82 Å². The minimum atomic E-state index is -0.358. The number of carbonyl (C=O) groups is 1. The maximum Gasteiger partial charge on any atom is 0.230 e. The molecule has 1 heterocycles. The molecule has 2 aromatic rings. The van der Waals surface area contributed by atoms with E-state index in [-0.39, 0.29) is 23.5 Å². The minimum absolute atomic E-state index is 0.0208. The molecule has 24 heavy (non-hydrogen) atoms. The van der Waals surface area contributed by atoms with Gasteiger partial charge in [0, 0.05) is 6.04 Å². The van der Waals surface area contributed by atoms with Crippen LogP contribution in [-0.4, -0.2) is 37.9 Å². The van der Waals surface area contributed by atoms with Gasteiger partial charge >= 0.3 is 0 Å². The van der Waals surface area contributed by atoms with Gasteiger partial charge in [-0.15, -0.1) is 5.10 Å². The molecule has 1 saturated carbocycles. The van der Waals surface area contributed by atoms with Crippen molar-refractivity contribution in [2.75, 3.05) is 5.75 Å². The molecule has 6 nitrogen and oxygen atoms in total. The molecule has 1 aliphatic rings. The highest BCUT2D eigenvalue weighted by Gasteiger charge is 2.23. The first kappa shape index (κ1) is 16.9. The quantitative estimate of drug-likeness (QED) is 0.840. The Morgan fingerprint density at radius 1 is 1.42 bits per heavy atom. The molecule has 1 aromatic carbocycles. The number of thioether (sulfide) groups is 1. The number of halogens is 1. The fourth-order valence-corrected chi connectivity index (χ4v) is 3.65. The van der Waals surface area contributed by atoms with E-state index < -0.39 is 0 Å². The van der Waals surface area contributed by atoms with E-state index in [0.29, 0.717) is 16.8 Å². The molecular weight excluding hydrogens is 329 g/mol. The Hall–Kier alpha value is -1.96. The topological polar surface area (TPSA) is 72.7 Å². The van der Waals surface area contributed by atoms with Gasteiger partial charge in [0.25, 0.3) is 0 Å². The molecule has 1 amide bonds. The molecule has 3 rings (SSSR count). The summed E-state index contributed by atoms with van der Waals surface area (Å²) in [6.07, 6.45) is 4.61. The lowest BCUT2D eigenvalue weighted by atomic mass is 9.86. The van der Waals surface area contributed by atoms with Crippen LogP contribution in [0.1, 0.15) is 32.6 Å². The molecule has 0 bridgehead atoms. The number of hydrogen-bond acceptors (Lipinski definition) is 5. The third-order valence-corrected chi connectivity index (χ3v) is 5.20. The first-order valence-corrected chi connectivity index (χ1v) is 9.08. The average molecular weight is 349 g/mol. The molecule has 0 aliphatic heterocycles. The van der Waals surface area contributed by atoms with Crippen molar-refractivity contribution in [3.63, 3.8) is 0 Å². The summed E-state index contributed by atoms with van der Waals surface area (Å²) in [4.78, 5) is 12.2. The van der Waals surface area contributed by atoms with E-state index in [4.69, 9.17) is 0 Å². The Labute approximate surface area is 144 Å². The van der Waals surface area contributed by atoms with Gasteiger partial charge in [0.2, 0.25) is 11.1 Å². The van der Waals surface area contributed by atoms with Gasteiger partial charge in [0.05, 0.1) is 11.4 Å². The van der Waals surface area contributed by atoms with Crippen molar-refractivity contribution in [3.8, 4) is 5.69 Å². The Bertz CT molecular complexity index is 707. The van der Waals surface area contributed by atoms with Gasteiger partial charge < -0.3 is 5.32 Å². The fraction of sp³-hybridized carbons (Fsp3) is 0.500. The van der Waals surface area contributed by atoms with E-state index in [1.54, 1.807) is 12.1 Å². The van der Waals surface area contributed by atoms with Crippen LogP contribution in [0.3, 0.4) is 0 Å². The number of aromatic nitrogens is 4. The number of nitrogens with one attached hydrogen (secondary N) is 1. The van der Waals surface area contributed by atoms with E-state index in [0.717, 1.165) is 12.8 Å². The Morgan fingerprint density at radius 3 is 3.04 bits per heavy atom. The van der Waals surface area contributed by atoms with E-state index in [9.17, 15) is 9.18 Å². The number of nitrogens with zero attached hydrogens (tertiary/aromatic N) is 4. The van der Waals surface area contributed by atoms with Crippen molar-refractivity contribution in [2.45, 2.75) is 43.8 Å². The molecule has 1 fully saturated rings. The summed E-state index contributed by atoms with van der Waals surface area (Å²) < 4.78 is 14.8. The second-order valence-corrected chi connectivity index (χ2v) is 7.02. The molecule has 2 atom stereocenters. The van der Waals surface area contributed by atoms with Gasteiger partial charge in [-0.1, -0.05) is 37.6 Å². The summed E-state index contributed by atoms with van der Waals surface area (Å²) in [5, 5.41) is 15.0. The van der Waals surface area contributed by atoms with Crippen molar-refractivity contribution in [3.05, 3.63) is 30.1 Å². The number of amides is 1. The van der Waals surface area contributed by atoms with Crippen molar-refractivity contribution >= 4 is 17.7 Å². The van der Waals surface area contributed by atoms with Gasteiger partial charge in [-0.05, 0) is 47.4 Å². The van der Waals surface area contributed by atoms with Crippen LogP contribution in [0.2, 0.25) is 0 Å². The second kappa shape index (κ2) is 7.74. The largest absolute Gasteiger partial charge is 0.352 e. The maximum atomic E-state index is 13.3. The predicted octanol–water partition coefficient (Wildman–Crippen LogP) is 2.59. The molecule has 1 aromatic heterocycles. The monoisotopic (exact) mass is 349 g/mol. The summed E-state index contributed by atoms with van der Waals surface area (Å²) in [5.74, 6) is 0.375. The zero-order chi connectivity index (χ0) is 16.9. The Morgan fingerprint density at radius 2 is 2.25 bits per heavy atom. The van der Waals surface area contributed by atoms with Crippen LogP contribution in [0.5, 0.6) is 0 Å². The van der Waals surface area contributed by atoms with Crippen LogP contribution >= 0.6 is 11.8 Å². The molecule has 128 valence electrons. The van der Waals surface area contributed by atoms with Crippen LogP contribution in [0.25, 0.3) is 5.69 Å². The van der Waals surface area contributed by atoms with E-state index in [2.05, 4.69) is 27.8 Å². The molecular formula is C16H20FN5OS. The summed E-state index contributed by atoms with van der Waals surface area (Å²) in [6.45, 7) is 2.18. The average Bonchev–Trinajstić information content (AvgIpc) is 3.04. The Balaban J connectivity index is 1.59. The molecule has 0 spiro atoms. The molecule has 0 saturated heterocycles. The van der Waals surface area contributed by atoms with Crippen molar-refractivity contribution in [2.24, 2.45) is 5.92 Å². The molecule has 8 heteroatoms. The number of tetrazole rings is 1. The zero-order valence-corrected chi connectivity index (χ0v) is 14.3. The van der Waals surface area contributed by atoms with Gasteiger partial charge in [-0.2, -0.15) is 4.68 Å². The van der Waals surface area contributed by atoms with Gasteiger partial charge in [-0.25, -0.2) is 4.39 Å². The lowest BCUT2D eigenvalue weighted by Gasteiger charge is -2.29. The second-order valence-electron chi connectivity index (χ2n) is 6.08. The third-order valence-electron chi connectivity index (χ3n) is 4.28. The fourth-order valence-electron chi connectivity index (χ4n) is 2.95. The molecule has 0 unspecified atom stereocenters. The smallest absolute Gasteiger partial charge is 0.230 e. The number of hydrogen-bond donors (Lipinski definition) is 1. The SMILES string of the molecule is C[C@@H]1CCCC[C@@H]1NC(=O)CSc1nnnn1-c1cccc(F)c1. The summed E-state index contributed by atoms with van der Waals surface area (Å²) in [6, 6.07) is 6.28. The highest BCUT2D eigenvalue weighted by Crippen LogP contribution is 2.24. The molecule has 1 N–H and O–H groups in total. The number of rotatable bonds is 5. The summed E-state index contributed by atoms with van der Waals surface area (Å²) >= 11 is 1.24. The summed E-state index contributed by atoms with van der Waals surface area (Å²) in [7, 11) is 0. The third kappa shape index (κ3) is 4.11. The predicted molar refractivity (Wildman–Crippen MR) is 89.4 cm³/mol. The lowest BCUT2D eigenvalue weighted by molar-refractivity contribution is -0.119. The first-order chi connectivity index (χ1) is 11.6. The lowest BCUT2D eigenvalue weighted by Crippen LogP contribution is -2.41. The van der Waals surface area contributed by atoms with Crippen LogP contribution in [0, 0.1) is 11.7 Å². The van der Waals surface area contributed by atoms with Gasteiger partial charge in [-0.3, -0.25) is 4.79 Å². The maximum absolute atomic E-state index is 13.3. The van der Waals surface area contributed by atoms with E-state index in [1.807, 2.05) is 0 Å².